The van der Waals surface area contributed by atoms with E-state index in [4.69, 9.17) is 22.1 Å². The number of nitrogens with zero attached hydrogens (tertiary/aromatic N) is 6. The van der Waals surface area contributed by atoms with Gasteiger partial charge in [0.1, 0.15) is 18.2 Å². The highest BCUT2D eigenvalue weighted by molar-refractivity contribution is 6.34. The van der Waals surface area contributed by atoms with Gasteiger partial charge in [0.05, 0.1) is 28.5 Å². The van der Waals surface area contributed by atoms with E-state index in [2.05, 4.69) is 19.9 Å². The van der Waals surface area contributed by atoms with Crippen molar-refractivity contribution in [1.82, 2.24) is 24.8 Å². The number of hydrogen-bond donors (Lipinski definition) is 1. The number of benzene rings is 1. The summed E-state index contributed by atoms with van der Waals surface area (Å²) in [7, 11) is 0. The van der Waals surface area contributed by atoms with Crippen LogP contribution in [0, 0.1) is 5.92 Å². The number of hydrogen-bond acceptors (Lipinski definition) is 8. The van der Waals surface area contributed by atoms with Crippen LogP contribution in [-0.4, -0.2) is 89.8 Å². The molecule has 2 N–H and O–H groups in total. The lowest BCUT2D eigenvalue weighted by Gasteiger charge is -2.37. The Bertz CT molecular complexity index is 1410. The number of nitrogen functional groups attached to an aromatic ring is 1. The normalized spacial score (nSPS) is 16.9. The zero-order valence-electron chi connectivity index (χ0n) is 21.7. The van der Waals surface area contributed by atoms with Crippen LogP contribution in [0.5, 0.6) is 6.01 Å². The van der Waals surface area contributed by atoms with Crippen LogP contribution in [0.25, 0.3) is 22.2 Å². The summed E-state index contributed by atoms with van der Waals surface area (Å²) in [5.74, 6) is 0.424. The number of ether oxygens (including phenoxy) is 1. The van der Waals surface area contributed by atoms with Crippen LogP contribution in [0.1, 0.15) is 12.5 Å². The standard InChI is InChI=1S/C26H28ClF4N7O2/c1-15(39)37-4-6-38(7-5-37)24-18-10-20(27)17(23-19(26(29,30)31)2-3-22(32)34-23)11-21(18)33-25(35-24)40-9-8-36-13-16(12-28)14-36/h2-3,10-11,16H,4-9,12-14H2,1H3,(H2,32,34). The summed E-state index contributed by atoms with van der Waals surface area (Å²) < 4.78 is 60.1. The molecule has 0 aliphatic carbocycles. The van der Waals surface area contributed by atoms with E-state index >= 15 is 0 Å². The molecule has 2 saturated heterocycles. The summed E-state index contributed by atoms with van der Waals surface area (Å²) in [6.07, 6.45) is -4.69. The van der Waals surface area contributed by atoms with Crippen molar-refractivity contribution in [3.05, 3.63) is 34.9 Å². The summed E-state index contributed by atoms with van der Waals surface area (Å²) >= 11 is 6.55. The SMILES string of the molecule is CC(=O)N1CCN(c2nc(OCCN3CC(CF)C3)nc3cc(-c4nc(N)ccc4C(F)(F)F)c(Cl)cc23)CC1. The van der Waals surface area contributed by atoms with Crippen molar-refractivity contribution in [2.45, 2.75) is 13.1 Å². The van der Waals surface area contributed by atoms with Crippen molar-refractivity contribution in [2.24, 2.45) is 5.92 Å². The molecule has 0 atom stereocenters. The minimum Gasteiger partial charge on any atom is -0.462 e. The number of pyridine rings is 1. The fraction of sp³-hybridized carbons (Fsp3) is 0.462. The predicted molar refractivity (Wildman–Crippen MR) is 143 cm³/mol. The number of nitrogens with two attached hydrogens (primary N) is 1. The van der Waals surface area contributed by atoms with Gasteiger partial charge >= 0.3 is 12.2 Å². The number of rotatable bonds is 7. The Kier molecular flexibility index (Phi) is 7.87. The molecule has 0 bridgehead atoms. The largest absolute Gasteiger partial charge is 0.462 e. The average molecular weight is 582 g/mol. The number of anilines is 2. The predicted octanol–water partition coefficient (Wildman–Crippen LogP) is 3.89. The first-order valence-corrected chi connectivity index (χ1v) is 13.2. The molecule has 14 heteroatoms. The van der Waals surface area contributed by atoms with E-state index in [1.807, 2.05) is 4.90 Å². The van der Waals surface area contributed by atoms with Crippen molar-refractivity contribution >= 4 is 40.0 Å². The quantitative estimate of drug-likeness (QED) is 0.420. The van der Waals surface area contributed by atoms with Gasteiger partial charge in [-0.05, 0) is 24.3 Å². The Hall–Kier alpha value is -3.45. The topological polar surface area (TPSA) is 101 Å². The zero-order chi connectivity index (χ0) is 28.6. The molecule has 0 radical (unpaired) electrons. The number of carbonyl (C=O) groups excluding carboxylic acids is 1. The van der Waals surface area contributed by atoms with E-state index in [-0.39, 0.29) is 47.5 Å². The van der Waals surface area contributed by atoms with Gasteiger partial charge in [-0.1, -0.05) is 11.6 Å². The first kappa shape index (κ1) is 28.1. The van der Waals surface area contributed by atoms with E-state index < -0.39 is 17.4 Å². The molecule has 214 valence electrons. The minimum absolute atomic E-state index is 0.0173. The summed E-state index contributed by atoms with van der Waals surface area (Å²) in [5, 5.41) is 0.542. The third-order valence-electron chi connectivity index (χ3n) is 7.14. The fourth-order valence-corrected chi connectivity index (χ4v) is 5.22. The van der Waals surface area contributed by atoms with Gasteiger partial charge < -0.3 is 20.3 Å². The number of aromatic nitrogens is 3. The lowest BCUT2D eigenvalue weighted by Crippen LogP contribution is -2.49. The summed E-state index contributed by atoms with van der Waals surface area (Å²) in [4.78, 5) is 30.6. The van der Waals surface area contributed by atoms with E-state index in [0.717, 1.165) is 12.1 Å². The molecule has 0 spiro atoms. The Morgan fingerprint density at radius 1 is 1.12 bits per heavy atom. The van der Waals surface area contributed by atoms with Crippen LogP contribution in [-0.2, 0) is 11.0 Å². The second-order valence-corrected chi connectivity index (χ2v) is 10.3. The molecule has 2 aliphatic rings. The summed E-state index contributed by atoms with van der Waals surface area (Å²) in [6.45, 7) is 5.20. The maximum absolute atomic E-state index is 13.8. The number of halogens is 5. The molecule has 2 fully saturated rings. The van der Waals surface area contributed by atoms with E-state index in [9.17, 15) is 22.4 Å². The lowest BCUT2D eigenvalue weighted by atomic mass is 10.0. The number of alkyl halides is 4. The Balaban J connectivity index is 1.52. The van der Waals surface area contributed by atoms with Crippen LogP contribution in [0.4, 0.5) is 29.2 Å². The molecular formula is C26H28ClF4N7O2. The van der Waals surface area contributed by atoms with Crippen LogP contribution in [0.2, 0.25) is 5.02 Å². The molecule has 0 saturated carbocycles. The Labute approximate surface area is 232 Å². The molecule has 1 amide bonds. The van der Waals surface area contributed by atoms with Crippen molar-refractivity contribution in [2.75, 3.05) is 69.7 Å². The number of amides is 1. The van der Waals surface area contributed by atoms with Crippen molar-refractivity contribution in [3.8, 4) is 17.3 Å². The van der Waals surface area contributed by atoms with E-state index in [0.29, 0.717) is 62.5 Å². The molecule has 2 aliphatic heterocycles. The summed E-state index contributed by atoms with van der Waals surface area (Å²) in [5.41, 5.74) is 4.68. The van der Waals surface area contributed by atoms with Gasteiger partial charge in [-0.2, -0.15) is 23.1 Å². The third-order valence-corrected chi connectivity index (χ3v) is 7.45. The maximum Gasteiger partial charge on any atom is 0.418 e. The third kappa shape index (κ3) is 5.85. The number of piperazine rings is 1. The molecule has 4 heterocycles. The molecular weight excluding hydrogens is 554 g/mol. The minimum atomic E-state index is -4.69. The monoisotopic (exact) mass is 581 g/mol. The van der Waals surface area contributed by atoms with Gasteiger partial charge in [-0.25, -0.2) is 4.98 Å². The number of fused-ring (bicyclic) bond motifs is 1. The van der Waals surface area contributed by atoms with E-state index in [1.165, 1.54) is 19.1 Å². The first-order valence-electron chi connectivity index (χ1n) is 12.8. The maximum atomic E-state index is 13.8. The number of carbonyl (C=O) groups is 1. The Morgan fingerprint density at radius 3 is 2.50 bits per heavy atom. The Morgan fingerprint density at radius 2 is 1.85 bits per heavy atom. The van der Waals surface area contributed by atoms with E-state index in [1.54, 1.807) is 4.90 Å². The molecule has 3 aromatic rings. The van der Waals surface area contributed by atoms with Gasteiger partial charge in [0.25, 0.3) is 0 Å². The highest BCUT2D eigenvalue weighted by Gasteiger charge is 2.35. The fourth-order valence-electron chi connectivity index (χ4n) is 4.96. The molecule has 1 aromatic carbocycles. The molecule has 0 unspecified atom stereocenters. The van der Waals surface area contributed by atoms with Gasteiger partial charge in [-0.3, -0.25) is 14.1 Å². The smallest absolute Gasteiger partial charge is 0.418 e. The van der Waals surface area contributed by atoms with Crippen molar-refractivity contribution in [1.29, 1.82) is 0 Å². The van der Waals surface area contributed by atoms with Gasteiger partial charge in [0.2, 0.25) is 5.91 Å². The summed E-state index contributed by atoms with van der Waals surface area (Å²) in [6, 6.07) is 4.95. The van der Waals surface area contributed by atoms with Crippen LogP contribution in [0.15, 0.2) is 24.3 Å². The van der Waals surface area contributed by atoms with Crippen LogP contribution in [0.3, 0.4) is 0 Å². The zero-order valence-corrected chi connectivity index (χ0v) is 22.5. The van der Waals surface area contributed by atoms with Gasteiger partial charge in [-0.15, -0.1) is 0 Å². The van der Waals surface area contributed by atoms with Crippen molar-refractivity contribution < 1.29 is 27.1 Å². The average Bonchev–Trinajstić information content (AvgIpc) is 2.88. The molecule has 5 rings (SSSR count). The van der Waals surface area contributed by atoms with Crippen LogP contribution < -0.4 is 15.4 Å². The lowest BCUT2D eigenvalue weighted by molar-refractivity contribution is -0.137. The highest BCUT2D eigenvalue weighted by Crippen LogP contribution is 2.41. The van der Waals surface area contributed by atoms with Crippen LogP contribution >= 0.6 is 11.6 Å². The van der Waals surface area contributed by atoms with Gasteiger partial charge in [0, 0.05) is 69.6 Å². The molecule has 40 heavy (non-hydrogen) atoms. The molecule has 2 aromatic heterocycles. The van der Waals surface area contributed by atoms with Gasteiger partial charge in [0.15, 0.2) is 0 Å². The first-order chi connectivity index (χ1) is 19.0. The molecule has 9 nitrogen and oxygen atoms in total. The number of likely N-dealkylation sites (tertiary alicyclic amines) is 1. The van der Waals surface area contributed by atoms with Crippen molar-refractivity contribution in [3.63, 3.8) is 0 Å². The highest BCUT2D eigenvalue weighted by atomic mass is 35.5. The second-order valence-electron chi connectivity index (χ2n) is 9.93. The second kappa shape index (κ2) is 11.2.